The molecule has 0 saturated carbocycles. The van der Waals surface area contributed by atoms with Gasteiger partial charge in [-0.2, -0.15) is 4.98 Å². The molecule has 3 aromatic heterocycles. The summed E-state index contributed by atoms with van der Waals surface area (Å²) >= 11 is 0. The van der Waals surface area contributed by atoms with Crippen LogP contribution in [0, 0.1) is 5.82 Å². The number of methoxy groups -OCH3 is 1. The standard InChI is InChI=1S/C21H21F4N7O/c1-30-9-16(21(24,25)10-30)27-20-28-19(33-2)18-17(13(23)8-32(18)29-20)12-3-4-14-15(7-12)31(6-5-22)11-26-14/h3-4,7-8,11,16H,5-6,9-10H2,1-2H3,(H,27,29)/t16-/m1/s1. The largest absolute Gasteiger partial charge is 0.479 e. The van der Waals surface area contributed by atoms with Crippen LogP contribution in [0.1, 0.15) is 0 Å². The van der Waals surface area contributed by atoms with Crippen molar-refractivity contribution >= 4 is 22.5 Å². The van der Waals surface area contributed by atoms with E-state index in [9.17, 15) is 13.2 Å². The third kappa shape index (κ3) is 3.63. The minimum absolute atomic E-state index is 0.0263. The van der Waals surface area contributed by atoms with Crippen LogP contribution >= 0.6 is 0 Å². The van der Waals surface area contributed by atoms with Gasteiger partial charge in [-0.1, -0.05) is 6.07 Å². The van der Waals surface area contributed by atoms with Gasteiger partial charge in [-0.3, -0.25) is 4.90 Å². The molecule has 0 bridgehead atoms. The number of aromatic nitrogens is 5. The van der Waals surface area contributed by atoms with E-state index in [0.717, 1.165) is 6.20 Å². The number of rotatable bonds is 6. The summed E-state index contributed by atoms with van der Waals surface area (Å²) in [4.78, 5) is 9.96. The molecule has 0 spiro atoms. The molecular weight excluding hydrogens is 442 g/mol. The summed E-state index contributed by atoms with van der Waals surface area (Å²) in [5.74, 6) is -3.64. The molecule has 174 valence electrons. The fraction of sp³-hybridized carbons (Fsp3) is 0.381. The van der Waals surface area contributed by atoms with Crippen molar-refractivity contribution in [2.45, 2.75) is 18.5 Å². The quantitative estimate of drug-likeness (QED) is 0.443. The van der Waals surface area contributed by atoms with Crippen LogP contribution in [0.5, 0.6) is 5.88 Å². The molecule has 5 rings (SSSR count). The van der Waals surface area contributed by atoms with E-state index in [1.54, 1.807) is 29.8 Å². The Hall–Kier alpha value is -3.41. The van der Waals surface area contributed by atoms with Crippen molar-refractivity contribution in [2.24, 2.45) is 0 Å². The average molecular weight is 463 g/mol. The molecule has 1 aliphatic heterocycles. The van der Waals surface area contributed by atoms with E-state index < -0.39 is 24.5 Å². The van der Waals surface area contributed by atoms with Gasteiger partial charge in [-0.15, -0.1) is 5.10 Å². The lowest BCUT2D eigenvalue weighted by Crippen LogP contribution is -2.38. The minimum atomic E-state index is -2.97. The average Bonchev–Trinajstić information content (AvgIpc) is 3.39. The van der Waals surface area contributed by atoms with Crippen molar-refractivity contribution in [2.75, 3.05) is 39.2 Å². The normalized spacial score (nSPS) is 18.4. The lowest BCUT2D eigenvalue weighted by molar-refractivity contribution is 0.00583. The van der Waals surface area contributed by atoms with Crippen LogP contribution in [0.2, 0.25) is 0 Å². The highest BCUT2D eigenvalue weighted by atomic mass is 19.3. The second-order valence-corrected chi connectivity index (χ2v) is 8.08. The number of ether oxygens (including phenoxy) is 1. The fourth-order valence-corrected chi connectivity index (χ4v) is 4.27. The zero-order valence-electron chi connectivity index (χ0n) is 17.9. The highest BCUT2D eigenvalue weighted by Gasteiger charge is 2.47. The number of nitrogens with one attached hydrogen (secondary N) is 1. The smallest absolute Gasteiger partial charge is 0.281 e. The van der Waals surface area contributed by atoms with E-state index in [0.29, 0.717) is 16.6 Å². The molecule has 0 aliphatic carbocycles. The van der Waals surface area contributed by atoms with Gasteiger partial charge in [0.05, 0.1) is 49.3 Å². The summed E-state index contributed by atoms with van der Waals surface area (Å²) < 4.78 is 64.7. The molecule has 4 heterocycles. The molecule has 8 nitrogen and oxygen atoms in total. The summed E-state index contributed by atoms with van der Waals surface area (Å²) in [7, 11) is 2.96. The Kier molecular flexibility index (Phi) is 5.11. The van der Waals surface area contributed by atoms with E-state index in [4.69, 9.17) is 4.74 Å². The highest BCUT2D eigenvalue weighted by Crippen LogP contribution is 2.36. The van der Waals surface area contributed by atoms with E-state index >= 15 is 4.39 Å². The monoisotopic (exact) mass is 463 g/mol. The first-order valence-corrected chi connectivity index (χ1v) is 10.3. The Balaban J connectivity index is 1.59. The van der Waals surface area contributed by atoms with Gasteiger partial charge < -0.3 is 14.6 Å². The van der Waals surface area contributed by atoms with Gasteiger partial charge in [0.15, 0.2) is 5.82 Å². The molecule has 1 aliphatic rings. The topological polar surface area (TPSA) is 72.5 Å². The van der Waals surface area contributed by atoms with Crippen LogP contribution in [0.4, 0.5) is 23.5 Å². The van der Waals surface area contributed by atoms with Crippen LogP contribution in [0.15, 0.2) is 30.7 Å². The predicted octanol–water partition coefficient (Wildman–Crippen LogP) is 3.22. The molecule has 12 heteroatoms. The van der Waals surface area contributed by atoms with Gasteiger partial charge in [0.2, 0.25) is 11.8 Å². The molecule has 4 aromatic rings. The highest BCUT2D eigenvalue weighted by molar-refractivity contribution is 5.90. The zero-order chi connectivity index (χ0) is 23.3. The van der Waals surface area contributed by atoms with Gasteiger partial charge in [-0.25, -0.2) is 27.1 Å². The Bertz CT molecular complexity index is 1340. The molecule has 33 heavy (non-hydrogen) atoms. The maximum absolute atomic E-state index is 15.1. The number of anilines is 1. The molecule has 1 atom stereocenters. The number of likely N-dealkylation sites (N-methyl/N-ethyl adjacent to an activating group) is 1. The van der Waals surface area contributed by atoms with Gasteiger partial charge in [-0.05, 0) is 24.7 Å². The van der Waals surface area contributed by atoms with Crippen LogP contribution in [-0.2, 0) is 6.54 Å². The Morgan fingerprint density at radius 2 is 2.12 bits per heavy atom. The summed E-state index contributed by atoms with van der Waals surface area (Å²) in [5.41, 5.74) is 2.21. The predicted molar refractivity (Wildman–Crippen MR) is 114 cm³/mol. The molecule has 0 radical (unpaired) electrons. The lowest BCUT2D eigenvalue weighted by atomic mass is 10.1. The zero-order valence-corrected chi connectivity index (χ0v) is 17.9. The summed E-state index contributed by atoms with van der Waals surface area (Å²) in [6.45, 7) is -0.712. The number of hydrogen-bond donors (Lipinski definition) is 1. The van der Waals surface area contributed by atoms with E-state index in [2.05, 4.69) is 20.4 Å². The van der Waals surface area contributed by atoms with Crippen LogP contribution in [0.3, 0.4) is 0 Å². The van der Waals surface area contributed by atoms with Crippen molar-refractivity contribution in [3.05, 3.63) is 36.5 Å². The second kappa shape index (κ2) is 7.87. The molecule has 0 unspecified atom stereocenters. The van der Waals surface area contributed by atoms with Crippen LogP contribution < -0.4 is 10.1 Å². The third-order valence-corrected chi connectivity index (χ3v) is 5.77. The molecule has 0 amide bonds. The number of halogens is 4. The minimum Gasteiger partial charge on any atom is -0.479 e. The van der Waals surface area contributed by atoms with Crippen molar-refractivity contribution in [1.29, 1.82) is 0 Å². The molecular formula is C21H21F4N7O. The van der Waals surface area contributed by atoms with Gasteiger partial charge in [0.1, 0.15) is 18.2 Å². The number of hydrogen-bond acceptors (Lipinski definition) is 6. The number of fused-ring (bicyclic) bond motifs is 2. The summed E-state index contributed by atoms with van der Waals surface area (Å²) in [6, 6.07) is 3.91. The van der Waals surface area contributed by atoms with Gasteiger partial charge >= 0.3 is 0 Å². The molecule has 1 aromatic carbocycles. The van der Waals surface area contributed by atoms with Crippen LogP contribution in [0.25, 0.3) is 27.7 Å². The van der Waals surface area contributed by atoms with Gasteiger partial charge in [0, 0.05) is 6.54 Å². The van der Waals surface area contributed by atoms with E-state index in [1.165, 1.54) is 22.9 Å². The Labute approximate surface area is 185 Å². The first-order valence-electron chi connectivity index (χ1n) is 10.3. The number of benzene rings is 1. The second-order valence-electron chi connectivity index (χ2n) is 8.08. The number of likely N-dealkylation sites (tertiary alicyclic amines) is 1. The number of imidazole rings is 1. The maximum atomic E-state index is 15.1. The van der Waals surface area contributed by atoms with Crippen molar-refractivity contribution in [3.63, 3.8) is 0 Å². The molecule has 1 fully saturated rings. The van der Waals surface area contributed by atoms with Crippen LogP contribution in [-0.4, -0.2) is 74.9 Å². The SMILES string of the molecule is COc1nc(N[C@@H]2CN(C)CC2(F)F)nn2cc(F)c(-c3ccc4ncn(CCF)c4c3)c12. The number of aryl methyl sites for hydroxylation is 1. The maximum Gasteiger partial charge on any atom is 0.281 e. The summed E-state index contributed by atoms with van der Waals surface area (Å²) in [6.07, 6.45) is 2.67. The van der Waals surface area contributed by atoms with Crippen molar-refractivity contribution in [3.8, 4) is 17.0 Å². The lowest BCUT2D eigenvalue weighted by Gasteiger charge is -2.19. The number of alkyl halides is 3. The summed E-state index contributed by atoms with van der Waals surface area (Å²) in [5, 5.41) is 6.85. The molecule has 1 saturated heterocycles. The van der Waals surface area contributed by atoms with E-state index in [1.807, 2.05) is 0 Å². The van der Waals surface area contributed by atoms with Crippen molar-refractivity contribution < 1.29 is 22.3 Å². The third-order valence-electron chi connectivity index (χ3n) is 5.77. The number of nitrogens with zero attached hydrogens (tertiary/aromatic N) is 6. The first kappa shape index (κ1) is 21.4. The fourth-order valence-electron chi connectivity index (χ4n) is 4.27. The van der Waals surface area contributed by atoms with Crippen molar-refractivity contribution in [1.82, 2.24) is 29.0 Å². The first-order chi connectivity index (χ1) is 15.8. The Morgan fingerprint density at radius 1 is 1.30 bits per heavy atom. The van der Waals surface area contributed by atoms with E-state index in [-0.39, 0.29) is 42.5 Å². The molecule has 1 N–H and O–H groups in total. The Morgan fingerprint density at radius 3 is 2.82 bits per heavy atom. The van der Waals surface area contributed by atoms with Gasteiger partial charge in [0.25, 0.3) is 5.92 Å².